The van der Waals surface area contributed by atoms with E-state index in [0.29, 0.717) is 37.8 Å². The van der Waals surface area contributed by atoms with E-state index in [9.17, 15) is 14.4 Å². The lowest BCUT2D eigenvalue weighted by Gasteiger charge is -2.20. The van der Waals surface area contributed by atoms with Gasteiger partial charge in [0.2, 0.25) is 5.91 Å². The summed E-state index contributed by atoms with van der Waals surface area (Å²) in [7, 11) is 1.58. The van der Waals surface area contributed by atoms with E-state index < -0.39 is 0 Å². The van der Waals surface area contributed by atoms with Crippen LogP contribution in [0.3, 0.4) is 0 Å². The van der Waals surface area contributed by atoms with Crippen LogP contribution in [0.15, 0.2) is 30.3 Å². The number of aryl methyl sites for hydroxylation is 2. The minimum atomic E-state index is -0.361. The van der Waals surface area contributed by atoms with E-state index in [0.717, 1.165) is 30.4 Å². The lowest BCUT2D eigenvalue weighted by Crippen LogP contribution is -2.39. The molecule has 1 aliphatic carbocycles. The Labute approximate surface area is 182 Å². The predicted octanol–water partition coefficient (Wildman–Crippen LogP) is 1.84. The summed E-state index contributed by atoms with van der Waals surface area (Å²) in [6, 6.07) is 9.67. The molecule has 1 aromatic carbocycles. The Balaban J connectivity index is 1.43. The summed E-state index contributed by atoms with van der Waals surface area (Å²) in [4.78, 5) is 41.2. The molecule has 4 rings (SSSR count). The standard InChI is InChI=1S/C23H29N5O3/c1-16-5-3-6-18(11-16)14-27-9-4-10-28-20(23(27)31)12-19(25-28)22(30)26(2)15-21(29)24-13-17-7-8-17/h3,5-6,11-12,17H,4,7-10,13-15H2,1-2H3,(H,24,29). The van der Waals surface area contributed by atoms with Crippen molar-refractivity contribution >= 4 is 17.7 Å². The Kier molecular flexibility index (Phi) is 6.06. The highest BCUT2D eigenvalue weighted by Gasteiger charge is 2.28. The maximum absolute atomic E-state index is 13.1. The largest absolute Gasteiger partial charge is 0.354 e. The van der Waals surface area contributed by atoms with Gasteiger partial charge in [-0.25, -0.2) is 0 Å². The number of fused-ring (bicyclic) bond motifs is 1. The number of nitrogens with one attached hydrogen (secondary N) is 1. The van der Waals surface area contributed by atoms with Gasteiger partial charge in [0.1, 0.15) is 5.69 Å². The number of aromatic nitrogens is 2. The van der Waals surface area contributed by atoms with Crippen LogP contribution in [0.1, 0.15) is 51.4 Å². The predicted molar refractivity (Wildman–Crippen MR) is 115 cm³/mol. The summed E-state index contributed by atoms with van der Waals surface area (Å²) in [5.41, 5.74) is 2.84. The van der Waals surface area contributed by atoms with Gasteiger partial charge in [0.25, 0.3) is 11.8 Å². The van der Waals surface area contributed by atoms with Crippen LogP contribution in [0.5, 0.6) is 0 Å². The van der Waals surface area contributed by atoms with Gasteiger partial charge in [-0.1, -0.05) is 29.8 Å². The van der Waals surface area contributed by atoms with Gasteiger partial charge in [-0.15, -0.1) is 0 Å². The third kappa shape index (κ3) is 5.13. The molecule has 0 radical (unpaired) electrons. The highest BCUT2D eigenvalue weighted by Crippen LogP contribution is 2.27. The second-order valence-corrected chi connectivity index (χ2v) is 8.62. The van der Waals surface area contributed by atoms with Crippen molar-refractivity contribution in [2.75, 3.05) is 26.7 Å². The van der Waals surface area contributed by atoms with E-state index in [1.807, 2.05) is 25.1 Å². The fourth-order valence-corrected chi connectivity index (χ4v) is 3.84. The van der Waals surface area contributed by atoms with Crippen LogP contribution in [0.4, 0.5) is 0 Å². The lowest BCUT2D eigenvalue weighted by molar-refractivity contribution is -0.121. The van der Waals surface area contributed by atoms with Crippen LogP contribution in [0, 0.1) is 12.8 Å². The zero-order valence-corrected chi connectivity index (χ0v) is 18.1. The summed E-state index contributed by atoms with van der Waals surface area (Å²) in [5, 5.41) is 7.24. The van der Waals surface area contributed by atoms with Crippen molar-refractivity contribution in [3.05, 3.63) is 52.8 Å². The second kappa shape index (κ2) is 8.91. The molecule has 3 amide bonds. The molecule has 8 heteroatoms. The van der Waals surface area contributed by atoms with Crippen LogP contribution in [-0.4, -0.2) is 64.0 Å². The zero-order valence-electron chi connectivity index (χ0n) is 18.1. The number of benzene rings is 1. The molecule has 164 valence electrons. The summed E-state index contributed by atoms with van der Waals surface area (Å²) >= 11 is 0. The molecule has 1 fully saturated rings. The van der Waals surface area contributed by atoms with Crippen LogP contribution in [0.25, 0.3) is 0 Å². The average Bonchev–Trinajstić information content (AvgIpc) is 3.50. The highest BCUT2D eigenvalue weighted by atomic mass is 16.2. The van der Waals surface area contributed by atoms with Crippen molar-refractivity contribution in [2.45, 2.75) is 39.3 Å². The van der Waals surface area contributed by atoms with Gasteiger partial charge >= 0.3 is 0 Å². The molecule has 2 aromatic rings. The van der Waals surface area contributed by atoms with E-state index in [1.165, 1.54) is 4.90 Å². The number of likely N-dealkylation sites (N-methyl/N-ethyl adjacent to an activating group) is 1. The number of nitrogens with zero attached hydrogens (tertiary/aromatic N) is 4. The topological polar surface area (TPSA) is 87.5 Å². The number of carbonyl (C=O) groups excluding carboxylic acids is 3. The third-order valence-corrected chi connectivity index (χ3v) is 5.77. The lowest BCUT2D eigenvalue weighted by atomic mass is 10.1. The molecule has 8 nitrogen and oxygen atoms in total. The van der Waals surface area contributed by atoms with Gasteiger partial charge in [0.15, 0.2) is 5.69 Å². The molecule has 31 heavy (non-hydrogen) atoms. The molecule has 2 aliphatic rings. The minimum absolute atomic E-state index is 0.0266. The van der Waals surface area contributed by atoms with Gasteiger partial charge in [0.05, 0.1) is 6.54 Å². The van der Waals surface area contributed by atoms with E-state index in [1.54, 1.807) is 22.7 Å². The van der Waals surface area contributed by atoms with Gasteiger partial charge in [-0.3, -0.25) is 19.1 Å². The first-order chi connectivity index (χ1) is 14.9. The second-order valence-electron chi connectivity index (χ2n) is 8.62. The van der Waals surface area contributed by atoms with Crippen molar-refractivity contribution in [2.24, 2.45) is 5.92 Å². The summed E-state index contributed by atoms with van der Waals surface area (Å²) < 4.78 is 1.62. The zero-order chi connectivity index (χ0) is 22.0. The number of carbonyl (C=O) groups is 3. The van der Waals surface area contributed by atoms with Crippen LogP contribution < -0.4 is 5.32 Å². The van der Waals surface area contributed by atoms with E-state index in [2.05, 4.69) is 16.5 Å². The number of rotatable bonds is 7. The quantitative estimate of drug-likeness (QED) is 0.736. The maximum atomic E-state index is 13.1. The Morgan fingerprint density at radius 3 is 2.77 bits per heavy atom. The van der Waals surface area contributed by atoms with Gasteiger partial charge in [0, 0.05) is 39.3 Å². The van der Waals surface area contributed by atoms with Crippen LogP contribution in [-0.2, 0) is 17.9 Å². The summed E-state index contributed by atoms with van der Waals surface area (Å²) in [6.45, 7) is 4.41. The molecular weight excluding hydrogens is 394 g/mol. The first-order valence-corrected chi connectivity index (χ1v) is 10.9. The van der Waals surface area contributed by atoms with E-state index in [-0.39, 0.29) is 30.0 Å². The van der Waals surface area contributed by atoms with Gasteiger partial charge in [-0.2, -0.15) is 5.10 Å². The van der Waals surface area contributed by atoms with Gasteiger partial charge in [-0.05, 0) is 37.7 Å². The van der Waals surface area contributed by atoms with Crippen LogP contribution >= 0.6 is 0 Å². The molecule has 1 saturated carbocycles. The maximum Gasteiger partial charge on any atom is 0.274 e. The molecule has 0 saturated heterocycles. The number of hydrogen-bond acceptors (Lipinski definition) is 4. The fraction of sp³-hybridized carbons (Fsp3) is 0.478. The molecular formula is C23H29N5O3. The fourth-order valence-electron chi connectivity index (χ4n) is 3.84. The molecule has 0 bridgehead atoms. The molecule has 0 atom stereocenters. The molecule has 0 spiro atoms. The van der Waals surface area contributed by atoms with Crippen molar-refractivity contribution in [1.29, 1.82) is 0 Å². The first-order valence-electron chi connectivity index (χ1n) is 10.9. The molecule has 1 aromatic heterocycles. The molecule has 2 heterocycles. The minimum Gasteiger partial charge on any atom is -0.354 e. The van der Waals surface area contributed by atoms with Crippen LogP contribution in [0.2, 0.25) is 0 Å². The monoisotopic (exact) mass is 423 g/mol. The Hall–Kier alpha value is -3.16. The highest BCUT2D eigenvalue weighted by molar-refractivity contribution is 5.99. The average molecular weight is 424 g/mol. The SMILES string of the molecule is Cc1cccc(CN2CCCn3nc(C(=O)N(C)CC(=O)NCC4CC4)cc3C2=O)c1. The van der Waals surface area contributed by atoms with Crippen molar-refractivity contribution < 1.29 is 14.4 Å². The van der Waals surface area contributed by atoms with E-state index >= 15 is 0 Å². The van der Waals surface area contributed by atoms with Crippen molar-refractivity contribution in [1.82, 2.24) is 24.9 Å². The number of amides is 3. The van der Waals surface area contributed by atoms with Gasteiger partial charge < -0.3 is 15.1 Å². The third-order valence-electron chi connectivity index (χ3n) is 5.77. The Morgan fingerprint density at radius 1 is 1.23 bits per heavy atom. The number of hydrogen-bond donors (Lipinski definition) is 1. The van der Waals surface area contributed by atoms with Crippen molar-refractivity contribution in [3.63, 3.8) is 0 Å². The Bertz CT molecular complexity index is 995. The van der Waals surface area contributed by atoms with Crippen molar-refractivity contribution in [3.8, 4) is 0 Å². The first kappa shape index (κ1) is 21.1. The summed E-state index contributed by atoms with van der Waals surface area (Å²) in [6.07, 6.45) is 3.08. The Morgan fingerprint density at radius 2 is 2.03 bits per heavy atom. The molecule has 0 unspecified atom stereocenters. The smallest absolute Gasteiger partial charge is 0.274 e. The van der Waals surface area contributed by atoms with E-state index in [4.69, 9.17) is 0 Å². The normalized spacial score (nSPS) is 15.9. The molecule has 1 N–H and O–H groups in total. The molecule has 1 aliphatic heterocycles. The summed E-state index contributed by atoms with van der Waals surface area (Å²) in [5.74, 6) is -0.0815.